The molecule has 8 heteroatoms. The SMILES string of the molecule is CCc1ccc(-c2noc(CN3C(=O)C(=O)N(CC(C)C)C3=O)n2)cc1. The van der Waals surface area contributed by atoms with Crippen LogP contribution in [0, 0.1) is 5.92 Å². The monoisotopic (exact) mass is 356 g/mol. The molecule has 0 spiro atoms. The third-order valence-electron chi connectivity index (χ3n) is 4.06. The second kappa shape index (κ2) is 7.07. The summed E-state index contributed by atoms with van der Waals surface area (Å²) in [6, 6.07) is 7.06. The molecule has 0 aliphatic carbocycles. The zero-order chi connectivity index (χ0) is 18.8. The normalized spacial score (nSPS) is 14.8. The van der Waals surface area contributed by atoms with Crippen molar-refractivity contribution in [3.05, 3.63) is 35.7 Å². The molecule has 136 valence electrons. The van der Waals surface area contributed by atoms with Crippen LogP contribution in [-0.4, -0.2) is 44.3 Å². The lowest BCUT2D eigenvalue weighted by Crippen LogP contribution is -2.35. The van der Waals surface area contributed by atoms with Gasteiger partial charge in [-0.3, -0.25) is 14.5 Å². The van der Waals surface area contributed by atoms with Crippen LogP contribution in [0.3, 0.4) is 0 Å². The first-order chi connectivity index (χ1) is 12.4. The first-order valence-corrected chi connectivity index (χ1v) is 8.50. The van der Waals surface area contributed by atoms with Gasteiger partial charge in [0.15, 0.2) is 0 Å². The van der Waals surface area contributed by atoms with Crippen LogP contribution in [0.5, 0.6) is 0 Å². The van der Waals surface area contributed by atoms with Crippen LogP contribution in [-0.2, 0) is 22.6 Å². The first kappa shape index (κ1) is 17.8. The Labute approximate surface area is 150 Å². The average Bonchev–Trinajstić information content (AvgIpc) is 3.17. The van der Waals surface area contributed by atoms with E-state index >= 15 is 0 Å². The van der Waals surface area contributed by atoms with Gasteiger partial charge in [0.1, 0.15) is 6.54 Å². The number of hydrogen-bond donors (Lipinski definition) is 0. The summed E-state index contributed by atoms with van der Waals surface area (Å²) < 4.78 is 5.15. The molecule has 26 heavy (non-hydrogen) atoms. The Bertz CT molecular complexity index is 841. The van der Waals surface area contributed by atoms with Crippen molar-refractivity contribution in [2.24, 2.45) is 5.92 Å². The van der Waals surface area contributed by atoms with Crippen LogP contribution in [0.2, 0.25) is 0 Å². The summed E-state index contributed by atoms with van der Waals surface area (Å²) in [5.41, 5.74) is 1.96. The van der Waals surface area contributed by atoms with Gasteiger partial charge < -0.3 is 4.52 Å². The Kier molecular flexibility index (Phi) is 4.83. The van der Waals surface area contributed by atoms with Crippen LogP contribution in [0.25, 0.3) is 11.4 Å². The molecule has 0 unspecified atom stereocenters. The van der Waals surface area contributed by atoms with Gasteiger partial charge in [-0.05, 0) is 17.9 Å². The Hall–Kier alpha value is -3.03. The van der Waals surface area contributed by atoms with Gasteiger partial charge in [-0.2, -0.15) is 4.98 Å². The predicted octanol–water partition coefficient (Wildman–Crippen LogP) is 2.25. The molecule has 1 saturated heterocycles. The van der Waals surface area contributed by atoms with Crippen molar-refractivity contribution in [2.45, 2.75) is 33.7 Å². The molecule has 3 rings (SSSR count). The standard InChI is InChI=1S/C18H20N4O4/c1-4-12-5-7-13(8-6-12)15-19-14(26-20-15)10-22-17(24)16(23)21(18(22)25)9-11(2)3/h5-8,11H,4,9-10H2,1-3H3. The molecule has 0 N–H and O–H groups in total. The number of urea groups is 1. The molecule has 1 aromatic carbocycles. The van der Waals surface area contributed by atoms with E-state index in [1.54, 1.807) is 0 Å². The summed E-state index contributed by atoms with van der Waals surface area (Å²) in [4.78, 5) is 42.4. The number of carbonyl (C=O) groups is 3. The van der Waals surface area contributed by atoms with E-state index in [-0.39, 0.29) is 24.9 Å². The molecule has 4 amide bonds. The summed E-state index contributed by atoms with van der Waals surface area (Å²) in [6.07, 6.45) is 0.928. The van der Waals surface area contributed by atoms with Crippen molar-refractivity contribution >= 4 is 17.8 Å². The van der Waals surface area contributed by atoms with Crippen molar-refractivity contribution < 1.29 is 18.9 Å². The van der Waals surface area contributed by atoms with Crippen LogP contribution in [0.1, 0.15) is 32.2 Å². The van der Waals surface area contributed by atoms with E-state index in [9.17, 15) is 14.4 Å². The number of aromatic nitrogens is 2. The highest BCUT2D eigenvalue weighted by atomic mass is 16.5. The molecular formula is C18H20N4O4. The highest BCUT2D eigenvalue weighted by Crippen LogP contribution is 2.20. The van der Waals surface area contributed by atoms with Gasteiger partial charge in [-0.25, -0.2) is 9.69 Å². The van der Waals surface area contributed by atoms with Crippen molar-refractivity contribution in [3.8, 4) is 11.4 Å². The van der Waals surface area contributed by atoms with E-state index in [2.05, 4.69) is 17.1 Å². The second-order valence-corrected chi connectivity index (χ2v) is 6.55. The summed E-state index contributed by atoms with van der Waals surface area (Å²) in [5.74, 6) is -1.16. The minimum Gasteiger partial charge on any atom is -0.337 e. The lowest BCUT2D eigenvalue weighted by molar-refractivity contribution is -0.143. The largest absolute Gasteiger partial charge is 0.337 e. The molecule has 1 aliphatic rings. The fourth-order valence-corrected chi connectivity index (χ4v) is 2.68. The number of hydrogen-bond acceptors (Lipinski definition) is 6. The van der Waals surface area contributed by atoms with E-state index in [0.29, 0.717) is 5.82 Å². The summed E-state index contributed by atoms with van der Waals surface area (Å²) in [5, 5.41) is 3.89. The topological polar surface area (TPSA) is 96.6 Å². The zero-order valence-corrected chi connectivity index (χ0v) is 14.9. The van der Waals surface area contributed by atoms with Crippen LogP contribution < -0.4 is 0 Å². The van der Waals surface area contributed by atoms with E-state index < -0.39 is 17.8 Å². The van der Waals surface area contributed by atoms with Gasteiger partial charge >= 0.3 is 17.8 Å². The zero-order valence-electron chi connectivity index (χ0n) is 14.9. The summed E-state index contributed by atoms with van der Waals surface area (Å²) in [6.45, 7) is 5.76. The highest BCUT2D eigenvalue weighted by Gasteiger charge is 2.45. The Morgan fingerprint density at radius 1 is 1.04 bits per heavy atom. The van der Waals surface area contributed by atoms with Gasteiger partial charge in [0.2, 0.25) is 11.7 Å². The number of aryl methyl sites for hydroxylation is 1. The number of rotatable bonds is 6. The lowest BCUT2D eigenvalue weighted by Gasteiger charge is -2.15. The first-order valence-electron chi connectivity index (χ1n) is 8.50. The van der Waals surface area contributed by atoms with Crippen LogP contribution in [0.15, 0.2) is 28.8 Å². The number of imide groups is 2. The molecule has 2 aromatic rings. The van der Waals surface area contributed by atoms with Gasteiger partial charge in [0.05, 0.1) is 0 Å². The second-order valence-electron chi connectivity index (χ2n) is 6.55. The maximum absolute atomic E-state index is 12.3. The number of carbonyl (C=O) groups excluding carboxylic acids is 3. The Morgan fingerprint density at radius 2 is 1.69 bits per heavy atom. The molecule has 0 radical (unpaired) electrons. The van der Waals surface area contributed by atoms with E-state index in [4.69, 9.17) is 4.52 Å². The van der Waals surface area contributed by atoms with Gasteiger partial charge in [0.25, 0.3) is 0 Å². The van der Waals surface area contributed by atoms with Crippen molar-refractivity contribution in [3.63, 3.8) is 0 Å². The summed E-state index contributed by atoms with van der Waals surface area (Å²) in [7, 11) is 0. The molecular weight excluding hydrogens is 336 g/mol. The maximum Gasteiger partial charge on any atom is 0.334 e. The Morgan fingerprint density at radius 3 is 2.31 bits per heavy atom. The van der Waals surface area contributed by atoms with Crippen LogP contribution in [0.4, 0.5) is 4.79 Å². The van der Waals surface area contributed by atoms with E-state index in [0.717, 1.165) is 21.8 Å². The van der Waals surface area contributed by atoms with Gasteiger partial charge in [0, 0.05) is 12.1 Å². The molecule has 1 aliphatic heterocycles. The van der Waals surface area contributed by atoms with Crippen LogP contribution >= 0.6 is 0 Å². The van der Waals surface area contributed by atoms with E-state index in [1.165, 1.54) is 5.56 Å². The van der Waals surface area contributed by atoms with Crippen molar-refractivity contribution in [2.75, 3.05) is 6.54 Å². The third-order valence-corrected chi connectivity index (χ3v) is 4.06. The van der Waals surface area contributed by atoms with Crippen molar-refractivity contribution in [1.29, 1.82) is 0 Å². The smallest absolute Gasteiger partial charge is 0.334 e. The number of nitrogens with zero attached hydrogens (tertiary/aromatic N) is 4. The fraction of sp³-hybridized carbons (Fsp3) is 0.389. The van der Waals surface area contributed by atoms with Gasteiger partial charge in [-0.15, -0.1) is 0 Å². The highest BCUT2D eigenvalue weighted by molar-refractivity contribution is 6.44. The lowest BCUT2D eigenvalue weighted by atomic mass is 10.1. The molecule has 1 aromatic heterocycles. The molecule has 1 fully saturated rings. The Balaban J connectivity index is 1.75. The minimum absolute atomic E-state index is 0.0664. The average molecular weight is 356 g/mol. The third kappa shape index (κ3) is 3.35. The summed E-state index contributed by atoms with van der Waals surface area (Å²) >= 11 is 0. The molecule has 0 saturated carbocycles. The molecule has 2 heterocycles. The fourth-order valence-electron chi connectivity index (χ4n) is 2.68. The van der Waals surface area contributed by atoms with Crippen molar-refractivity contribution in [1.82, 2.24) is 19.9 Å². The minimum atomic E-state index is -0.873. The predicted molar refractivity (Wildman–Crippen MR) is 91.6 cm³/mol. The number of amides is 4. The van der Waals surface area contributed by atoms with E-state index in [1.807, 2.05) is 38.1 Å². The molecule has 0 bridgehead atoms. The maximum atomic E-state index is 12.3. The molecule has 0 atom stereocenters. The number of benzene rings is 1. The quantitative estimate of drug-likeness (QED) is 0.582. The molecule has 8 nitrogen and oxygen atoms in total. The van der Waals surface area contributed by atoms with Gasteiger partial charge in [-0.1, -0.05) is 50.2 Å².